The largest absolute Gasteiger partial charge is 0.396 e. The van der Waals surface area contributed by atoms with E-state index in [1.165, 1.54) is 0 Å². The Bertz CT molecular complexity index is 317. The maximum Gasteiger partial charge on any atom is 0.126 e. The van der Waals surface area contributed by atoms with Crippen LogP contribution >= 0.6 is 15.9 Å². The third-order valence-corrected chi connectivity index (χ3v) is 3.20. The number of halogens is 1. The van der Waals surface area contributed by atoms with E-state index in [0.717, 1.165) is 28.7 Å². The van der Waals surface area contributed by atoms with Crippen LogP contribution in [0.25, 0.3) is 0 Å². The van der Waals surface area contributed by atoms with Gasteiger partial charge in [0.05, 0.1) is 0 Å². The van der Waals surface area contributed by atoms with Gasteiger partial charge in [-0.05, 0) is 47.3 Å². The Labute approximate surface area is 99.1 Å². The van der Waals surface area contributed by atoms with E-state index in [9.17, 15) is 0 Å². The lowest BCUT2D eigenvalue weighted by Crippen LogP contribution is -2.20. The second-order valence-electron chi connectivity index (χ2n) is 3.58. The molecule has 0 spiro atoms. The summed E-state index contributed by atoms with van der Waals surface area (Å²) in [6.07, 6.45) is 3.54. The van der Waals surface area contributed by atoms with Crippen LogP contribution in [-0.4, -0.2) is 22.7 Å². The molecule has 1 heterocycles. The maximum absolute atomic E-state index is 8.88. The lowest BCUT2D eigenvalue weighted by molar-refractivity contribution is 0.278. The summed E-state index contributed by atoms with van der Waals surface area (Å²) in [5.41, 5.74) is 1.16. The average Bonchev–Trinajstić information content (AvgIpc) is 2.23. The average molecular weight is 273 g/mol. The molecule has 2 N–H and O–H groups in total. The molecular weight excluding hydrogens is 256 g/mol. The summed E-state index contributed by atoms with van der Waals surface area (Å²) in [5, 5.41) is 12.2. The molecule has 3 nitrogen and oxygen atoms in total. The highest BCUT2D eigenvalue weighted by molar-refractivity contribution is 9.10. The number of aromatic nitrogens is 1. The Hall–Kier alpha value is -0.610. The van der Waals surface area contributed by atoms with Crippen molar-refractivity contribution in [1.82, 2.24) is 4.98 Å². The zero-order valence-electron chi connectivity index (χ0n) is 9.13. The standard InChI is InChI=1S/C11H17BrN2O/c1-3-9(4-5-15)14-11-6-8(2)10(12)7-13-11/h6-7,9,15H,3-5H2,1-2H3,(H,13,14). The fraction of sp³-hybridized carbons (Fsp3) is 0.545. The molecule has 1 aromatic rings. The smallest absolute Gasteiger partial charge is 0.126 e. The first kappa shape index (κ1) is 12.5. The van der Waals surface area contributed by atoms with Crippen molar-refractivity contribution in [3.63, 3.8) is 0 Å². The van der Waals surface area contributed by atoms with Crippen molar-refractivity contribution >= 4 is 21.7 Å². The number of rotatable bonds is 5. The van der Waals surface area contributed by atoms with Crippen molar-refractivity contribution in [2.24, 2.45) is 0 Å². The number of hydrogen-bond donors (Lipinski definition) is 2. The van der Waals surface area contributed by atoms with Crippen molar-refractivity contribution in [1.29, 1.82) is 0 Å². The molecule has 1 rings (SSSR count). The molecule has 1 unspecified atom stereocenters. The van der Waals surface area contributed by atoms with Gasteiger partial charge < -0.3 is 10.4 Å². The number of nitrogens with one attached hydrogen (secondary N) is 1. The lowest BCUT2D eigenvalue weighted by Gasteiger charge is -2.16. The van der Waals surface area contributed by atoms with Crippen LogP contribution in [-0.2, 0) is 0 Å². The zero-order chi connectivity index (χ0) is 11.3. The monoisotopic (exact) mass is 272 g/mol. The van der Waals surface area contributed by atoms with Gasteiger partial charge in [0.15, 0.2) is 0 Å². The van der Waals surface area contributed by atoms with Crippen LogP contribution in [0, 0.1) is 6.92 Å². The number of pyridine rings is 1. The number of anilines is 1. The molecule has 15 heavy (non-hydrogen) atoms. The SMILES string of the molecule is CCC(CCO)Nc1cc(C)c(Br)cn1. The second kappa shape index (κ2) is 6.08. The van der Waals surface area contributed by atoms with Gasteiger partial charge in [-0.2, -0.15) is 0 Å². The van der Waals surface area contributed by atoms with E-state index in [-0.39, 0.29) is 6.61 Å². The highest BCUT2D eigenvalue weighted by Crippen LogP contribution is 2.18. The lowest BCUT2D eigenvalue weighted by atomic mass is 10.1. The van der Waals surface area contributed by atoms with E-state index in [0.29, 0.717) is 6.04 Å². The van der Waals surface area contributed by atoms with Crippen molar-refractivity contribution in [3.05, 3.63) is 22.3 Å². The molecule has 1 atom stereocenters. The third-order valence-electron chi connectivity index (χ3n) is 2.37. The Morgan fingerprint density at radius 3 is 2.87 bits per heavy atom. The summed E-state index contributed by atoms with van der Waals surface area (Å²) >= 11 is 3.41. The molecule has 0 aliphatic carbocycles. The summed E-state index contributed by atoms with van der Waals surface area (Å²) in [5.74, 6) is 0.871. The molecule has 0 amide bonds. The Balaban J connectivity index is 2.66. The summed E-state index contributed by atoms with van der Waals surface area (Å²) in [7, 11) is 0. The molecule has 84 valence electrons. The van der Waals surface area contributed by atoms with Gasteiger partial charge >= 0.3 is 0 Å². The topological polar surface area (TPSA) is 45.1 Å². The molecule has 0 aliphatic rings. The normalized spacial score (nSPS) is 12.5. The van der Waals surface area contributed by atoms with Crippen LogP contribution in [0.3, 0.4) is 0 Å². The predicted octanol–water partition coefficient (Wildman–Crippen LogP) is 2.73. The van der Waals surface area contributed by atoms with Crippen molar-refractivity contribution in [2.75, 3.05) is 11.9 Å². The number of aliphatic hydroxyl groups is 1. The van der Waals surface area contributed by atoms with Gasteiger partial charge in [0, 0.05) is 23.3 Å². The van der Waals surface area contributed by atoms with Crippen LogP contribution in [0.5, 0.6) is 0 Å². The molecule has 0 aliphatic heterocycles. The maximum atomic E-state index is 8.88. The molecule has 4 heteroatoms. The molecule has 0 fully saturated rings. The Morgan fingerprint density at radius 2 is 2.33 bits per heavy atom. The summed E-state index contributed by atoms with van der Waals surface area (Å²) in [6.45, 7) is 4.34. The van der Waals surface area contributed by atoms with E-state index >= 15 is 0 Å². The minimum atomic E-state index is 0.209. The highest BCUT2D eigenvalue weighted by atomic mass is 79.9. The van der Waals surface area contributed by atoms with E-state index < -0.39 is 0 Å². The van der Waals surface area contributed by atoms with Gasteiger partial charge in [0.1, 0.15) is 5.82 Å². The molecule has 0 saturated heterocycles. The van der Waals surface area contributed by atoms with E-state index in [1.54, 1.807) is 6.20 Å². The number of nitrogens with zero attached hydrogens (tertiary/aromatic N) is 1. The fourth-order valence-corrected chi connectivity index (χ4v) is 1.58. The number of hydrogen-bond acceptors (Lipinski definition) is 3. The fourth-order valence-electron chi connectivity index (χ4n) is 1.36. The molecule has 0 aromatic carbocycles. The molecule has 0 radical (unpaired) electrons. The first-order chi connectivity index (χ1) is 7.17. The minimum absolute atomic E-state index is 0.209. The van der Waals surface area contributed by atoms with Gasteiger partial charge in [-0.25, -0.2) is 4.98 Å². The van der Waals surface area contributed by atoms with Crippen molar-refractivity contribution in [3.8, 4) is 0 Å². The van der Waals surface area contributed by atoms with Crippen LogP contribution in [0.1, 0.15) is 25.3 Å². The quantitative estimate of drug-likeness (QED) is 0.867. The Morgan fingerprint density at radius 1 is 1.60 bits per heavy atom. The molecule has 0 bridgehead atoms. The summed E-state index contributed by atoms with van der Waals surface area (Å²) in [6, 6.07) is 2.30. The number of aryl methyl sites for hydroxylation is 1. The first-order valence-corrected chi connectivity index (χ1v) is 5.96. The van der Waals surface area contributed by atoms with Crippen LogP contribution < -0.4 is 5.32 Å². The van der Waals surface area contributed by atoms with Gasteiger partial charge in [0.25, 0.3) is 0 Å². The highest BCUT2D eigenvalue weighted by Gasteiger charge is 2.06. The third kappa shape index (κ3) is 3.80. The van der Waals surface area contributed by atoms with E-state index in [4.69, 9.17) is 5.11 Å². The van der Waals surface area contributed by atoms with Gasteiger partial charge in [0.2, 0.25) is 0 Å². The van der Waals surface area contributed by atoms with Crippen LogP contribution in [0.2, 0.25) is 0 Å². The second-order valence-corrected chi connectivity index (χ2v) is 4.43. The van der Waals surface area contributed by atoms with Gasteiger partial charge in [-0.3, -0.25) is 0 Å². The summed E-state index contributed by atoms with van der Waals surface area (Å²) < 4.78 is 1.02. The van der Waals surface area contributed by atoms with Crippen molar-refractivity contribution < 1.29 is 5.11 Å². The van der Waals surface area contributed by atoms with Gasteiger partial charge in [-0.15, -0.1) is 0 Å². The summed E-state index contributed by atoms with van der Waals surface area (Å²) in [4.78, 5) is 4.27. The van der Waals surface area contributed by atoms with Crippen molar-refractivity contribution in [2.45, 2.75) is 32.7 Å². The zero-order valence-corrected chi connectivity index (χ0v) is 10.7. The van der Waals surface area contributed by atoms with Crippen LogP contribution in [0.4, 0.5) is 5.82 Å². The Kier molecular flexibility index (Phi) is 5.05. The minimum Gasteiger partial charge on any atom is -0.396 e. The molecule has 1 aromatic heterocycles. The predicted molar refractivity (Wildman–Crippen MR) is 66.1 cm³/mol. The van der Waals surface area contributed by atoms with E-state index in [1.807, 2.05) is 13.0 Å². The molecule has 0 saturated carbocycles. The van der Waals surface area contributed by atoms with Crippen LogP contribution in [0.15, 0.2) is 16.7 Å². The number of aliphatic hydroxyl groups excluding tert-OH is 1. The van der Waals surface area contributed by atoms with Gasteiger partial charge in [-0.1, -0.05) is 6.92 Å². The van der Waals surface area contributed by atoms with E-state index in [2.05, 4.69) is 33.2 Å². The first-order valence-electron chi connectivity index (χ1n) is 5.17. The molecular formula is C11H17BrN2O.